The van der Waals surface area contributed by atoms with Crippen molar-refractivity contribution in [1.82, 2.24) is 0 Å². The topological polar surface area (TPSA) is 113 Å². The Morgan fingerprint density at radius 3 is 2.55 bits per heavy atom. The van der Waals surface area contributed by atoms with Crippen LogP contribution in [0.25, 0.3) is 0 Å². The molecule has 3 fully saturated rings. The van der Waals surface area contributed by atoms with E-state index in [1.165, 1.54) is 19.5 Å². The molecule has 0 amide bonds. The highest BCUT2D eigenvalue weighted by Gasteiger charge is 2.77. The minimum atomic E-state index is -0.838. The van der Waals surface area contributed by atoms with Gasteiger partial charge in [0.15, 0.2) is 0 Å². The molecule has 0 bridgehead atoms. The lowest BCUT2D eigenvalue weighted by atomic mass is 9.42. The van der Waals surface area contributed by atoms with Gasteiger partial charge < -0.3 is 29.2 Å². The summed E-state index contributed by atoms with van der Waals surface area (Å²) in [5.74, 6) is -0.644. The van der Waals surface area contributed by atoms with Crippen LogP contribution >= 0.6 is 0 Å². The number of fused-ring (bicyclic) bond motifs is 2. The predicted octanol–water partition coefficient (Wildman–Crippen LogP) is 2.20. The number of ether oxygens (including phenoxy) is 2. The van der Waals surface area contributed by atoms with E-state index in [-0.39, 0.29) is 18.3 Å². The number of aliphatic hydroxyl groups excluding tert-OH is 3. The van der Waals surface area contributed by atoms with Gasteiger partial charge in [0, 0.05) is 30.2 Å². The molecule has 162 valence electrons. The molecule has 1 aromatic heterocycles. The highest BCUT2D eigenvalue weighted by molar-refractivity contribution is 5.66. The normalized spacial score (nSPS) is 47.5. The second-order valence-electron chi connectivity index (χ2n) is 9.77. The Morgan fingerprint density at radius 2 is 2.00 bits per heavy atom. The van der Waals surface area contributed by atoms with Crippen molar-refractivity contribution in [3.8, 4) is 0 Å². The molecular weight excluding hydrogens is 376 g/mol. The molecule has 3 N–H and O–H groups in total. The van der Waals surface area contributed by atoms with E-state index < -0.39 is 46.8 Å². The third-order valence-corrected chi connectivity index (χ3v) is 8.36. The van der Waals surface area contributed by atoms with Crippen molar-refractivity contribution in [3.63, 3.8) is 0 Å². The lowest BCUT2D eigenvalue weighted by Gasteiger charge is -2.64. The zero-order chi connectivity index (χ0) is 21.2. The molecule has 0 unspecified atom stereocenters. The smallest absolute Gasteiger partial charge is 0.302 e. The molecule has 4 rings (SSSR count). The van der Waals surface area contributed by atoms with E-state index >= 15 is 0 Å². The number of furan rings is 1. The van der Waals surface area contributed by atoms with Crippen LogP contribution in [0.5, 0.6) is 0 Å². The van der Waals surface area contributed by atoms with Gasteiger partial charge in [0.2, 0.25) is 0 Å². The first-order valence-corrected chi connectivity index (χ1v) is 10.4. The van der Waals surface area contributed by atoms with Crippen LogP contribution < -0.4 is 0 Å². The van der Waals surface area contributed by atoms with Crippen LogP contribution in [0.2, 0.25) is 0 Å². The maximum atomic E-state index is 11.9. The molecule has 1 aromatic rings. The number of rotatable bonds is 4. The number of aliphatic hydroxyl groups is 3. The zero-order valence-corrected chi connectivity index (χ0v) is 17.5. The molecule has 7 heteroatoms. The lowest BCUT2D eigenvalue weighted by molar-refractivity contribution is -0.254. The molecule has 9 atom stereocenters. The summed E-state index contributed by atoms with van der Waals surface area (Å²) in [5, 5.41) is 33.0. The van der Waals surface area contributed by atoms with Crippen LogP contribution in [-0.2, 0) is 14.3 Å². The lowest BCUT2D eigenvalue weighted by Crippen LogP contribution is -2.70. The standard InChI is InChI=1S/C22H32O7/c1-12-7-17(25)21(4)19(20(12,3)9-15(24)14-5-6-27-10-14)16(29-13(2)23)8-18(26)22(21)11-28-22/h5-6,10,12,15-19,24-26H,7-9,11H2,1-4H3/t12-,15+,16-,17+,18+,19-,20-,21-,22-/m1/s1. The third-order valence-electron chi connectivity index (χ3n) is 8.36. The summed E-state index contributed by atoms with van der Waals surface area (Å²) in [6, 6.07) is 1.75. The van der Waals surface area contributed by atoms with E-state index in [2.05, 4.69) is 13.8 Å². The molecule has 0 aromatic carbocycles. The molecule has 1 saturated heterocycles. The van der Waals surface area contributed by atoms with Gasteiger partial charge in [-0.05, 0) is 30.2 Å². The monoisotopic (exact) mass is 408 g/mol. The average molecular weight is 408 g/mol. The van der Waals surface area contributed by atoms with Crippen LogP contribution in [-0.4, -0.2) is 51.8 Å². The van der Waals surface area contributed by atoms with E-state index in [4.69, 9.17) is 13.9 Å². The predicted molar refractivity (Wildman–Crippen MR) is 103 cm³/mol. The fourth-order valence-electron chi connectivity index (χ4n) is 6.55. The molecule has 3 aliphatic rings. The second-order valence-corrected chi connectivity index (χ2v) is 9.77. The first-order chi connectivity index (χ1) is 13.6. The Hall–Kier alpha value is -1.41. The number of carbonyl (C=O) groups excluding carboxylic acids is 1. The van der Waals surface area contributed by atoms with E-state index in [0.717, 1.165) is 0 Å². The Labute approximate surface area is 171 Å². The van der Waals surface area contributed by atoms with Crippen molar-refractivity contribution in [2.45, 2.75) is 77.0 Å². The van der Waals surface area contributed by atoms with Gasteiger partial charge in [-0.1, -0.05) is 20.8 Å². The minimum absolute atomic E-state index is 0.0567. The fourth-order valence-corrected chi connectivity index (χ4v) is 6.55. The quantitative estimate of drug-likeness (QED) is 0.517. The Balaban J connectivity index is 1.78. The Kier molecular flexibility index (Phi) is 4.89. The number of epoxide rings is 1. The Morgan fingerprint density at radius 1 is 1.31 bits per heavy atom. The van der Waals surface area contributed by atoms with Gasteiger partial charge in [-0.2, -0.15) is 0 Å². The van der Waals surface area contributed by atoms with Crippen LogP contribution in [0, 0.1) is 22.7 Å². The number of hydrogen-bond donors (Lipinski definition) is 3. The molecule has 0 radical (unpaired) electrons. The van der Waals surface area contributed by atoms with Crippen LogP contribution in [0.15, 0.2) is 23.0 Å². The highest BCUT2D eigenvalue weighted by Crippen LogP contribution is 2.69. The summed E-state index contributed by atoms with van der Waals surface area (Å²) in [6.45, 7) is 7.85. The summed E-state index contributed by atoms with van der Waals surface area (Å²) in [7, 11) is 0. The van der Waals surface area contributed by atoms with Gasteiger partial charge in [-0.25, -0.2) is 0 Å². The summed E-state index contributed by atoms with van der Waals surface area (Å²) in [5.41, 5.74) is -1.41. The molecule has 2 saturated carbocycles. The molecule has 2 aliphatic carbocycles. The van der Waals surface area contributed by atoms with Gasteiger partial charge in [0.1, 0.15) is 11.7 Å². The number of esters is 1. The third kappa shape index (κ3) is 2.89. The maximum Gasteiger partial charge on any atom is 0.302 e. The van der Waals surface area contributed by atoms with Crippen molar-refractivity contribution in [3.05, 3.63) is 24.2 Å². The largest absolute Gasteiger partial charge is 0.472 e. The van der Waals surface area contributed by atoms with Crippen molar-refractivity contribution in [2.75, 3.05) is 6.61 Å². The van der Waals surface area contributed by atoms with E-state index in [9.17, 15) is 20.1 Å². The van der Waals surface area contributed by atoms with Gasteiger partial charge in [-0.3, -0.25) is 4.79 Å². The molecule has 7 nitrogen and oxygen atoms in total. The van der Waals surface area contributed by atoms with Gasteiger partial charge in [-0.15, -0.1) is 0 Å². The van der Waals surface area contributed by atoms with E-state index in [1.807, 2.05) is 6.92 Å². The minimum Gasteiger partial charge on any atom is -0.472 e. The van der Waals surface area contributed by atoms with Crippen molar-refractivity contribution in [2.24, 2.45) is 22.7 Å². The highest BCUT2D eigenvalue weighted by atomic mass is 16.6. The number of carbonyl (C=O) groups is 1. The average Bonchev–Trinajstić information content (AvgIpc) is 3.25. The van der Waals surface area contributed by atoms with Gasteiger partial charge in [0.25, 0.3) is 0 Å². The molecule has 1 spiro atoms. The van der Waals surface area contributed by atoms with Crippen molar-refractivity contribution >= 4 is 5.97 Å². The Bertz CT molecular complexity index is 757. The fraction of sp³-hybridized carbons (Fsp3) is 0.773. The summed E-state index contributed by atoms with van der Waals surface area (Å²) in [6.07, 6.45) is 1.42. The van der Waals surface area contributed by atoms with Crippen molar-refractivity contribution in [1.29, 1.82) is 0 Å². The number of hydrogen-bond acceptors (Lipinski definition) is 7. The second kappa shape index (κ2) is 6.80. The van der Waals surface area contributed by atoms with Gasteiger partial charge in [0.05, 0.1) is 37.4 Å². The summed E-state index contributed by atoms with van der Waals surface area (Å²) < 4.78 is 16.7. The summed E-state index contributed by atoms with van der Waals surface area (Å²) >= 11 is 0. The molecular formula is C22H32O7. The molecule has 29 heavy (non-hydrogen) atoms. The van der Waals surface area contributed by atoms with E-state index in [0.29, 0.717) is 25.0 Å². The van der Waals surface area contributed by atoms with Crippen LogP contribution in [0.3, 0.4) is 0 Å². The van der Waals surface area contributed by atoms with E-state index in [1.54, 1.807) is 6.07 Å². The van der Waals surface area contributed by atoms with Gasteiger partial charge >= 0.3 is 5.97 Å². The SMILES string of the molecule is CC(=O)O[C@@H]1C[C@H](O)[C@]2(CO2)[C@@]2(C)[C@H]1[C@](C)(C[C@H](O)c1ccoc1)[C@H](C)C[C@@H]2O. The summed E-state index contributed by atoms with van der Waals surface area (Å²) in [4.78, 5) is 11.9. The van der Waals surface area contributed by atoms with Crippen molar-refractivity contribution < 1.29 is 34.0 Å². The van der Waals surface area contributed by atoms with Crippen LogP contribution in [0.4, 0.5) is 0 Å². The first-order valence-electron chi connectivity index (χ1n) is 10.4. The zero-order valence-electron chi connectivity index (χ0n) is 17.5. The maximum absolute atomic E-state index is 11.9. The van der Waals surface area contributed by atoms with Crippen LogP contribution in [0.1, 0.15) is 58.6 Å². The first kappa shape index (κ1) is 20.8. The molecule has 2 heterocycles. The molecule has 1 aliphatic heterocycles.